The van der Waals surface area contributed by atoms with Crippen molar-refractivity contribution < 1.29 is 22.7 Å². The molecule has 0 aliphatic carbocycles. The molecule has 1 saturated heterocycles. The van der Waals surface area contributed by atoms with Crippen molar-refractivity contribution in [2.24, 2.45) is 0 Å². The highest BCUT2D eigenvalue weighted by molar-refractivity contribution is 5.92. The number of anilines is 1. The van der Waals surface area contributed by atoms with Gasteiger partial charge >= 0.3 is 6.18 Å². The molecular formula is C22H24F3N5O2. The number of H-pyrrole nitrogens is 1. The van der Waals surface area contributed by atoms with Crippen molar-refractivity contribution >= 4 is 22.6 Å². The minimum atomic E-state index is -4.44. The molecular weight excluding hydrogens is 423 g/mol. The van der Waals surface area contributed by atoms with E-state index in [1.165, 1.54) is 12.1 Å². The number of alkyl halides is 3. The summed E-state index contributed by atoms with van der Waals surface area (Å²) in [5.41, 5.74) is 1.16. The Morgan fingerprint density at radius 2 is 1.88 bits per heavy atom. The Balaban J connectivity index is 1.26. The number of nitrogens with one attached hydrogen (secondary N) is 2. The Hall–Kier alpha value is -3.11. The molecule has 0 unspecified atom stereocenters. The Morgan fingerprint density at radius 1 is 1.12 bits per heavy atom. The van der Waals surface area contributed by atoms with Crippen LogP contribution in [0.3, 0.4) is 0 Å². The number of amides is 1. The summed E-state index contributed by atoms with van der Waals surface area (Å²) in [6, 6.07) is 10.4. The molecule has 1 aliphatic rings. The van der Waals surface area contributed by atoms with Gasteiger partial charge in [-0.2, -0.15) is 13.2 Å². The summed E-state index contributed by atoms with van der Waals surface area (Å²) in [5, 5.41) is 2.56. The maximum atomic E-state index is 12.8. The Labute approximate surface area is 183 Å². The number of hydrogen-bond acceptors (Lipinski definition) is 5. The lowest BCUT2D eigenvalue weighted by Crippen LogP contribution is -2.48. The lowest BCUT2D eigenvalue weighted by atomic mass is 10.2. The zero-order chi connectivity index (χ0) is 22.7. The topological polar surface area (TPSA) is 73.5 Å². The average molecular weight is 447 g/mol. The first-order chi connectivity index (χ1) is 15.3. The van der Waals surface area contributed by atoms with Gasteiger partial charge in [-0.15, -0.1) is 0 Å². The molecule has 170 valence electrons. The third-order valence-corrected chi connectivity index (χ3v) is 5.42. The summed E-state index contributed by atoms with van der Waals surface area (Å²) < 4.78 is 43.7. The van der Waals surface area contributed by atoms with Gasteiger partial charge in [0.05, 0.1) is 36.8 Å². The first kappa shape index (κ1) is 22.1. The largest absolute Gasteiger partial charge is 0.497 e. The van der Waals surface area contributed by atoms with Crippen LogP contribution in [0.2, 0.25) is 0 Å². The third kappa shape index (κ3) is 5.38. The molecule has 1 fully saturated rings. The summed E-state index contributed by atoms with van der Waals surface area (Å²) in [5.74, 6) is 1.30. The van der Waals surface area contributed by atoms with E-state index in [4.69, 9.17) is 4.74 Å². The molecule has 0 atom stereocenters. The molecule has 7 nitrogen and oxygen atoms in total. The number of carbonyl (C=O) groups is 1. The monoisotopic (exact) mass is 447 g/mol. The van der Waals surface area contributed by atoms with Crippen molar-refractivity contribution in [3.8, 4) is 5.75 Å². The van der Waals surface area contributed by atoms with Gasteiger partial charge in [0, 0.05) is 37.9 Å². The van der Waals surface area contributed by atoms with Crippen molar-refractivity contribution in [3.63, 3.8) is 0 Å². The van der Waals surface area contributed by atoms with Crippen molar-refractivity contribution in [3.05, 3.63) is 53.9 Å². The number of methoxy groups -OCH3 is 1. The second-order valence-electron chi connectivity index (χ2n) is 7.75. The van der Waals surface area contributed by atoms with Gasteiger partial charge in [-0.1, -0.05) is 6.07 Å². The number of hydrogen-bond donors (Lipinski definition) is 2. The summed E-state index contributed by atoms with van der Waals surface area (Å²) in [4.78, 5) is 24.5. The molecule has 0 saturated carbocycles. The molecule has 4 rings (SSSR count). The first-order valence-electron chi connectivity index (χ1n) is 10.2. The quantitative estimate of drug-likeness (QED) is 0.607. The van der Waals surface area contributed by atoms with E-state index in [-0.39, 0.29) is 18.1 Å². The fourth-order valence-corrected chi connectivity index (χ4v) is 3.74. The predicted molar refractivity (Wildman–Crippen MR) is 114 cm³/mol. The van der Waals surface area contributed by atoms with Crippen LogP contribution in [0.15, 0.2) is 42.5 Å². The third-order valence-electron chi connectivity index (χ3n) is 5.42. The van der Waals surface area contributed by atoms with Crippen LogP contribution in [0, 0.1) is 0 Å². The van der Waals surface area contributed by atoms with Crippen molar-refractivity contribution in [1.82, 2.24) is 19.8 Å². The van der Waals surface area contributed by atoms with Crippen LogP contribution in [0.4, 0.5) is 18.9 Å². The molecule has 3 aromatic rings. The molecule has 2 N–H and O–H groups in total. The molecule has 2 heterocycles. The van der Waals surface area contributed by atoms with Crippen molar-refractivity contribution in [2.75, 3.05) is 45.2 Å². The maximum Gasteiger partial charge on any atom is 0.416 e. The van der Waals surface area contributed by atoms with Gasteiger partial charge in [-0.25, -0.2) is 4.98 Å². The molecule has 0 radical (unpaired) electrons. The van der Waals surface area contributed by atoms with E-state index in [0.29, 0.717) is 19.6 Å². The van der Waals surface area contributed by atoms with Gasteiger partial charge < -0.3 is 15.0 Å². The van der Waals surface area contributed by atoms with Crippen LogP contribution in [0.5, 0.6) is 5.75 Å². The molecule has 10 heteroatoms. The Morgan fingerprint density at radius 3 is 2.59 bits per heavy atom. The molecule has 0 spiro atoms. The summed E-state index contributed by atoms with van der Waals surface area (Å²) in [6.07, 6.45) is -4.44. The van der Waals surface area contributed by atoms with E-state index in [2.05, 4.69) is 20.2 Å². The van der Waals surface area contributed by atoms with Crippen molar-refractivity contribution in [1.29, 1.82) is 0 Å². The van der Waals surface area contributed by atoms with Gasteiger partial charge in [0.2, 0.25) is 5.91 Å². The molecule has 1 aliphatic heterocycles. The molecule has 0 bridgehead atoms. The van der Waals surface area contributed by atoms with E-state index in [1.54, 1.807) is 7.11 Å². The number of halogens is 3. The van der Waals surface area contributed by atoms with E-state index in [9.17, 15) is 18.0 Å². The average Bonchev–Trinajstić information content (AvgIpc) is 3.16. The number of aromatic amines is 1. The van der Waals surface area contributed by atoms with E-state index < -0.39 is 11.7 Å². The van der Waals surface area contributed by atoms with Crippen LogP contribution in [0.1, 0.15) is 11.4 Å². The fraction of sp³-hybridized carbons (Fsp3) is 0.364. The summed E-state index contributed by atoms with van der Waals surface area (Å²) in [7, 11) is 1.62. The molecule has 32 heavy (non-hydrogen) atoms. The van der Waals surface area contributed by atoms with Crippen LogP contribution in [-0.4, -0.2) is 65.5 Å². The highest BCUT2D eigenvalue weighted by Gasteiger charge is 2.30. The number of imidazole rings is 1. The minimum Gasteiger partial charge on any atom is -0.497 e. The maximum absolute atomic E-state index is 12.8. The van der Waals surface area contributed by atoms with Gasteiger partial charge in [0.1, 0.15) is 11.6 Å². The van der Waals surface area contributed by atoms with E-state index in [0.717, 1.165) is 47.8 Å². The lowest BCUT2D eigenvalue weighted by molar-refractivity contribution is -0.137. The zero-order valence-electron chi connectivity index (χ0n) is 17.6. The van der Waals surface area contributed by atoms with E-state index >= 15 is 0 Å². The number of rotatable bonds is 6. The normalized spacial score (nSPS) is 15.8. The van der Waals surface area contributed by atoms with Gasteiger partial charge in [-0.05, 0) is 30.3 Å². The Kier molecular flexibility index (Phi) is 6.33. The number of ether oxygens (including phenoxy) is 1. The van der Waals surface area contributed by atoms with Crippen LogP contribution in [0.25, 0.3) is 11.0 Å². The number of fused-ring (bicyclic) bond motifs is 1. The van der Waals surface area contributed by atoms with Gasteiger partial charge in [0.25, 0.3) is 0 Å². The Bertz CT molecular complexity index is 1090. The zero-order valence-corrected chi connectivity index (χ0v) is 17.6. The van der Waals surface area contributed by atoms with Crippen LogP contribution in [-0.2, 0) is 17.5 Å². The summed E-state index contributed by atoms with van der Waals surface area (Å²) >= 11 is 0. The first-order valence-corrected chi connectivity index (χ1v) is 10.2. The summed E-state index contributed by atoms with van der Waals surface area (Å²) in [6.45, 7) is 3.69. The molecule has 2 aromatic carbocycles. The number of carbonyl (C=O) groups excluding carboxylic acids is 1. The number of piperazine rings is 1. The van der Waals surface area contributed by atoms with Crippen LogP contribution >= 0.6 is 0 Å². The highest BCUT2D eigenvalue weighted by Crippen LogP contribution is 2.30. The molecule has 1 aromatic heterocycles. The lowest BCUT2D eigenvalue weighted by Gasteiger charge is -2.33. The number of nitrogens with zero attached hydrogens (tertiary/aromatic N) is 3. The predicted octanol–water partition coefficient (Wildman–Crippen LogP) is 3.35. The number of aromatic nitrogens is 2. The van der Waals surface area contributed by atoms with Crippen molar-refractivity contribution in [2.45, 2.75) is 12.7 Å². The second-order valence-corrected chi connectivity index (χ2v) is 7.75. The smallest absolute Gasteiger partial charge is 0.416 e. The SMILES string of the molecule is COc1ccc2nc(CN3CCN(CC(=O)Nc4cccc(C(F)(F)F)c4)CC3)[nH]c2c1. The van der Waals surface area contributed by atoms with Crippen LogP contribution < -0.4 is 10.1 Å². The van der Waals surface area contributed by atoms with Gasteiger partial charge in [-0.3, -0.25) is 14.6 Å². The highest BCUT2D eigenvalue weighted by atomic mass is 19.4. The fourth-order valence-electron chi connectivity index (χ4n) is 3.74. The second kappa shape index (κ2) is 9.17. The van der Waals surface area contributed by atoms with E-state index in [1.807, 2.05) is 23.1 Å². The van der Waals surface area contributed by atoms with Gasteiger partial charge in [0.15, 0.2) is 0 Å². The minimum absolute atomic E-state index is 0.133. The number of benzene rings is 2. The molecule has 1 amide bonds. The standard InChI is InChI=1S/C22H24F3N5O2/c1-32-17-5-6-18-19(12-17)28-20(27-18)13-29-7-9-30(10-8-29)14-21(31)26-16-4-2-3-15(11-16)22(23,24)25/h2-6,11-12H,7-10,13-14H2,1H3,(H,26,31)(H,27,28).